The highest BCUT2D eigenvalue weighted by Crippen LogP contribution is 2.29. The van der Waals surface area contributed by atoms with Crippen LogP contribution in [0.1, 0.15) is 52.8 Å². The molecular weight excluding hydrogens is 644 g/mol. The molecule has 2 aromatic heterocycles. The number of nitrogens with one attached hydrogen (secondary N) is 3. The molecule has 2 atom stereocenters. The van der Waals surface area contributed by atoms with Crippen LogP contribution in [0.5, 0.6) is 0 Å². The first-order valence-electron chi connectivity index (χ1n) is 16.5. The molecule has 4 heterocycles. The van der Waals surface area contributed by atoms with Gasteiger partial charge in [0.15, 0.2) is 17.3 Å². The maximum atomic E-state index is 13.7. The molecule has 4 aromatic rings. The van der Waals surface area contributed by atoms with E-state index in [0.717, 1.165) is 55.4 Å². The molecule has 0 aliphatic carbocycles. The number of quaternary nitrogens is 1. The number of allylic oxidation sites excluding steroid dienone is 1. The largest absolute Gasteiger partial charge is 0.628 e. The number of fused-ring (bicyclic) bond motifs is 1. The van der Waals surface area contributed by atoms with Gasteiger partial charge in [-0.1, -0.05) is 25.8 Å². The van der Waals surface area contributed by atoms with Crippen LogP contribution in [-0.2, 0) is 18.3 Å². The lowest BCUT2D eigenvalue weighted by Crippen LogP contribution is -3.06. The second kappa shape index (κ2) is 14.7. The van der Waals surface area contributed by atoms with Crippen molar-refractivity contribution in [3.63, 3.8) is 0 Å². The molecule has 0 saturated carbocycles. The summed E-state index contributed by atoms with van der Waals surface area (Å²) < 4.78 is 35.3. The average Bonchev–Trinajstić information content (AvgIpc) is 3.31. The summed E-state index contributed by atoms with van der Waals surface area (Å²) in [5.41, 5.74) is 3.92. The fourth-order valence-electron chi connectivity index (χ4n) is 6.25. The van der Waals surface area contributed by atoms with E-state index in [4.69, 9.17) is 9.72 Å². The quantitative estimate of drug-likeness (QED) is 0.192. The van der Waals surface area contributed by atoms with Gasteiger partial charge in [-0.15, -0.1) is 0 Å². The number of hydrogen-bond acceptors (Lipinski definition) is 7. The number of carbonyl (C=O) groups excluding carboxylic acids is 1. The van der Waals surface area contributed by atoms with Crippen molar-refractivity contribution in [1.82, 2.24) is 19.7 Å². The van der Waals surface area contributed by atoms with Crippen molar-refractivity contribution in [3.05, 3.63) is 116 Å². The first-order valence-corrected chi connectivity index (χ1v) is 16.5. The number of ether oxygens (including phenoxy) is 1. The molecule has 3 N–H and O–H groups in total. The molecule has 0 bridgehead atoms. The van der Waals surface area contributed by atoms with E-state index in [0.29, 0.717) is 28.5 Å². The summed E-state index contributed by atoms with van der Waals surface area (Å²) in [7, 11) is 1.61. The number of benzene rings is 2. The van der Waals surface area contributed by atoms with Gasteiger partial charge < -0.3 is 30.5 Å². The highest BCUT2D eigenvalue weighted by molar-refractivity contribution is 5.95. The maximum Gasteiger partial charge on any atom is 0.280 e. The minimum atomic E-state index is -1.02. The molecule has 6 rings (SSSR count). The molecule has 2 unspecified atom stereocenters. The molecule has 2 aliphatic rings. The molecule has 1 saturated heterocycles. The van der Waals surface area contributed by atoms with Gasteiger partial charge in [0.25, 0.3) is 11.5 Å². The number of hydrogen-bond donors (Lipinski definition) is 3. The van der Waals surface area contributed by atoms with Gasteiger partial charge in [0.05, 0.1) is 26.3 Å². The lowest BCUT2D eigenvalue weighted by molar-refractivity contribution is -0.843. The number of rotatable bonds is 8. The van der Waals surface area contributed by atoms with Crippen molar-refractivity contribution >= 4 is 29.2 Å². The van der Waals surface area contributed by atoms with Gasteiger partial charge in [-0.25, -0.2) is 18.4 Å². The first kappa shape index (κ1) is 34.6. The van der Waals surface area contributed by atoms with Gasteiger partial charge in [0.2, 0.25) is 0 Å². The van der Waals surface area contributed by atoms with E-state index < -0.39 is 29.1 Å². The number of halogens is 2. The van der Waals surface area contributed by atoms with Crippen LogP contribution >= 0.6 is 0 Å². The van der Waals surface area contributed by atoms with Crippen LogP contribution in [0, 0.1) is 41.5 Å². The van der Waals surface area contributed by atoms with Crippen LogP contribution in [0.2, 0.25) is 0 Å². The first-order chi connectivity index (χ1) is 24.0. The summed E-state index contributed by atoms with van der Waals surface area (Å²) in [6.07, 6.45) is 1.72. The number of aromatic nitrogens is 3. The summed E-state index contributed by atoms with van der Waals surface area (Å²) in [5, 5.41) is 19.5. The molecule has 2 aromatic carbocycles. The van der Waals surface area contributed by atoms with Crippen molar-refractivity contribution in [3.8, 4) is 11.8 Å². The van der Waals surface area contributed by atoms with Crippen LogP contribution in [0.25, 0.3) is 6.08 Å². The second-order valence-electron chi connectivity index (χ2n) is 12.7. The summed E-state index contributed by atoms with van der Waals surface area (Å²) in [6.45, 7) is 8.56. The van der Waals surface area contributed by atoms with E-state index in [1.54, 1.807) is 20.0 Å². The average molecular weight is 684 g/mol. The second-order valence-corrected chi connectivity index (χ2v) is 12.7. The Balaban J connectivity index is 1.14. The zero-order valence-corrected chi connectivity index (χ0v) is 28.3. The van der Waals surface area contributed by atoms with Crippen LogP contribution in [0.3, 0.4) is 0 Å². The van der Waals surface area contributed by atoms with E-state index in [1.807, 2.05) is 38.1 Å². The van der Waals surface area contributed by atoms with Crippen LogP contribution in [0.15, 0.2) is 65.1 Å². The van der Waals surface area contributed by atoms with Gasteiger partial charge in [-0.2, -0.15) is 0 Å². The minimum Gasteiger partial charge on any atom is -0.628 e. The molecular formula is C37H39F2N7O4. The van der Waals surface area contributed by atoms with Crippen molar-refractivity contribution in [2.45, 2.75) is 33.4 Å². The zero-order valence-electron chi connectivity index (χ0n) is 28.3. The Morgan fingerprint density at radius 3 is 2.54 bits per heavy atom. The molecule has 0 radical (unpaired) electrons. The van der Waals surface area contributed by atoms with Crippen LogP contribution < -0.4 is 26.2 Å². The van der Waals surface area contributed by atoms with E-state index in [1.165, 1.54) is 15.4 Å². The Labute approximate surface area is 288 Å². The standard InChI is InChI=1S/C37H39F2N7O4/c1-23(2)35-34-26(8-14-32(42-34)41-27-9-11-28(12-10-27)44-16-18-50-19-17-44)21-29(46(35)49)6-5-15-40-36(47)33-24(3)43(4)45(37(33)48)22-25-7-13-30(38)31(39)20-25/h7-14,20-21,23,35,46H,15-19,22H2,1-4H3,(H,40,47)(H,41,42). The van der Waals surface area contributed by atoms with E-state index in [2.05, 4.69) is 39.5 Å². The fraction of sp³-hybridized carbons (Fsp3) is 0.324. The summed E-state index contributed by atoms with van der Waals surface area (Å²) in [4.78, 5) is 33.3. The lowest BCUT2D eigenvalue weighted by atomic mass is 9.92. The summed E-state index contributed by atoms with van der Waals surface area (Å²) >= 11 is 0. The lowest BCUT2D eigenvalue weighted by Gasteiger charge is -2.36. The molecule has 50 heavy (non-hydrogen) atoms. The summed E-state index contributed by atoms with van der Waals surface area (Å²) in [5.74, 6) is 3.72. The molecule has 0 spiro atoms. The molecule has 2 aliphatic heterocycles. The Hall–Kier alpha value is -5.29. The predicted molar refractivity (Wildman–Crippen MR) is 187 cm³/mol. The number of pyridine rings is 1. The third-order valence-corrected chi connectivity index (χ3v) is 9.04. The zero-order chi connectivity index (χ0) is 35.5. The van der Waals surface area contributed by atoms with Gasteiger partial charge >= 0.3 is 0 Å². The van der Waals surface area contributed by atoms with E-state index in [9.17, 15) is 23.6 Å². The number of nitrogens with zero attached hydrogens (tertiary/aromatic N) is 4. The van der Waals surface area contributed by atoms with Gasteiger partial charge in [-0.05, 0) is 66.9 Å². The molecule has 260 valence electrons. The van der Waals surface area contributed by atoms with Crippen LogP contribution in [0.4, 0.5) is 26.0 Å². The molecule has 13 heteroatoms. The minimum absolute atomic E-state index is 0.0448. The topological polar surface area (TPSA) is 121 Å². The van der Waals surface area contributed by atoms with Crippen molar-refractivity contribution in [2.75, 3.05) is 43.1 Å². The van der Waals surface area contributed by atoms with E-state index >= 15 is 0 Å². The van der Waals surface area contributed by atoms with Gasteiger partial charge in [0.1, 0.15) is 23.1 Å². The smallest absolute Gasteiger partial charge is 0.280 e. The number of hydroxylamine groups is 2. The maximum absolute atomic E-state index is 13.7. The predicted octanol–water partition coefficient (Wildman–Crippen LogP) is 3.66. The number of amides is 1. The Bertz CT molecular complexity index is 2050. The summed E-state index contributed by atoms with van der Waals surface area (Å²) in [6, 6.07) is 14.8. The third-order valence-electron chi connectivity index (χ3n) is 9.04. The third kappa shape index (κ3) is 7.18. The Morgan fingerprint density at radius 1 is 1.10 bits per heavy atom. The molecule has 1 fully saturated rings. The van der Waals surface area contributed by atoms with Gasteiger partial charge in [0, 0.05) is 54.8 Å². The van der Waals surface area contributed by atoms with E-state index in [-0.39, 0.29) is 29.6 Å². The number of morpholine rings is 1. The number of carbonyl (C=O) groups is 1. The van der Waals surface area contributed by atoms with Crippen molar-refractivity contribution in [2.24, 2.45) is 13.0 Å². The van der Waals surface area contributed by atoms with Crippen molar-refractivity contribution in [1.29, 1.82) is 0 Å². The van der Waals surface area contributed by atoms with Crippen molar-refractivity contribution < 1.29 is 23.4 Å². The fourth-order valence-corrected chi connectivity index (χ4v) is 6.25. The highest BCUT2D eigenvalue weighted by atomic mass is 19.2. The Kier molecular flexibility index (Phi) is 10.1. The normalized spacial score (nSPS) is 17.1. The Morgan fingerprint density at radius 2 is 1.84 bits per heavy atom. The number of anilines is 3. The monoisotopic (exact) mass is 683 g/mol. The molecule has 1 amide bonds. The SMILES string of the molecule is Cc1c(C(=O)NCC#CC2=Cc3ccc(Nc4ccc(N5CCOCC5)cc4)nc3C(C(C)C)[NH+]2[O-])c(=O)n(Cc2ccc(F)c(F)c2)n1C. The highest BCUT2D eigenvalue weighted by Gasteiger charge is 2.32. The molecule has 11 nitrogen and oxygen atoms in total. The van der Waals surface area contributed by atoms with Crippen LogP contribution in [-0.4, -0.2) is 53.1 Å². The van der Waals surface area contributed by atoms with Gasteiger partial charge in [-0.3, -0.25) is 14.3 Å².